The second-order valence-electron chi connectivity index (χ2n) is 15.5. The molecule has 0 aromatic carbocycles. The van der Waals surface area contributed by atoms with Crippen molar-refractivity contribution in [3.63, 3.8) is 0 Å². The summed E-state index contributed by atoms with van der Waals surface area (Å²) < 4.78 is 0. The molecule has 4 unspecified atom stereocenters. The molecule has 4 N–H and O–H groups in total. The third-order valence-electron chi connectivity index (χ3n) is 8.12. The Balaban J connectivity index is -0.000000192. The van der Waals surface area contributed by atoms with E-state index in [1.165, 1.54) is 25.7 Å². The predicted molar refractivity (Wildman–Crippen MR) is 196 cm³/mol. The predicted octanol–water partition coefficient (Wildman–Crippen LogP) is 2.81. The van der Waals surface area contributed by atoms with Crippen LogP contribution in [0.1, 0.15) is 184 Å². The van der Waals surface area contributed by atoms with E-state index in [1.54, 1.807) is 0 Å². The summed E-state index contributed by atoms with van der Waals surface area (Å²) in [4.78, 5) is 40.4. The molecule has 0 amide bonds. The number of carboxylic acid groups (broad SMARTS) is 4. The van der Waals surface area contributed by atoms with E-state index in [0.717, 1.165) is 77.0 Å². The molecular formula is C40H76O12Ti. The molecule has 0 bridgehead atoms. The van der Waals surface area contributed by atoms with Gasteiger partial charge in [-0.05, 0) is 49.4 Å². The molecule has 53 heavy (non-hydrogen) atoms. The Morgan fingerprint density at radius 3 is 0.566 bits per heavy atom. The van der Waals surface area contributed by atoms with Crippen molar-refractivity contribution in [2.75, 3.05) is 0 Å². The minimum absolute atomic E-state index is 0. The third kappa shape index (κ3) is 54.9. The first-order chi connectivity index (χ1) is 24.1. The Morgan fingerprint density at radius 1 is 0.321 bits per heavy atom. The first kappa shape index (κ1) is 60.7. The van der Waals surface area contributed by atoms with Crippen LogP contribution < -0.4 is 20.4 Å². The molecular weight excluding hydrogens is 720 g/mol. The van der Waals surface area contributed by atoms with Gasteiger partial charge >= 0.3 is 21.7 Å². The normalized spacial score (nSPS) is 13.0. The van der Waals surface area contributed by atoms with E-state index in [-0.39, 0.29) is 21.7 Å². The number of aliphatic carboxylic acids is 4. The van der Waals surface area contributed by atoms with Crippen LogP contribution in [0.2, 0.25) is 0 Å². The molecule has 0 spiro atoms. The molecule has 312 valence electrons. The maximum atomic E-state index is 10.1. The van der Waals surface area contributed by atoms with Crippen LogP contribution in [0.5, 0.6) is 0 Å². The number of hydrogen-bond donors (Lipinski definition) is 4. The van der Waals surface area contributed by atoms with Gasteiger partial charge in [0.2, 0.25) is 0 Å². The van der Waals surface area contributed by atoms with Crippen molar-refractivity contribution in [2.45, 2.75) is 208 Å². The van der Waals surface area contributed by atoms with Gasteiger partial charge in [0.05, 0.1) is 48.3 Å². The van der Waals surface area contributed by atoms with E-state index < -0.39 is 48.3 Å². The van der Waals surface area contributed by atoms with Crippen LogP contribution in [0.25, 0.3) is 0 Å². The number of aliphatic hydroxyl groups excluding tert-OH is 4. The molecule has 4 atom stereocenters. The smallest absolute Gasteiger partial charge is 0.547 e. The van der Waals surface area contributed by atoms with Gasteiger partial charge in [0.1, 0.15) is 0 Å². The Kier molecular flexibility index (Phi) is 47.6. The molecule has 0 fully saturated rings. The van der Waals surface area contributed by atoms with Crippen LogP contribution >= 0.6 is 0 Å². The van der Waals surface area contributed by atoms with Gasteiger partial charge in [-0.2, -0.15) is 0 Å². The first-order valence-electron chi connectivity index (χ1n) is 19.7. The van der Waals surface area contributed by atoms with Crippen LogP contribution in [0, 0.1) is 23.7 Å². The van der Waals surface area contributed by atoms with Gasteiger partial charge in [0.25, 0.3) is 0 Å². The van der Waals surface area contributed by atoms with E-state index in [2.05, 4.69) is 55.4 Å². The molecule has 0 aliphatic heterocycles. The molecule has 0 aromatic rings. The van der Waals surface area contributed by atoms with Crippen LogP contribution in [-0.2, 0) is 40.9 Å². The van der Waals surface area contributed by atoms with Crippen LogP contribution in [0.3, 0.4) is 0 Å². The van der Waals surface area contributed by atoms with E-state index in [1.807, 2.05) is 0 Å². The van der Waals surface area contributed by atoms with Gasteiger partial charge < -0.3 is 60.0 Å². The average molecular weight is 797 g/mol. The maximum absolute atomic E-state index is 10.1. The summed E-state index contributed by atoms with van der Waals surface area (Å²) in [5, 5.41) is 75.9. The van der Waals surface area contributed by atoms with Crippen molar-refractivity contribution in [1.82, 2.24) is 0 Å². The van der Waals surface area contributed by atoms with E-state index >= 15 is 0 Å². The number of carbonyl (C=O) groups is 4. The average Bonchev–Trinajstić information content (AvgIpc) is 3.03. The SMILES string of the molecule is CC(C)CCCCCC(O)C(=O)[O-].CC(C)CCCCCC(O)C(=O)[O-].CC(C)CCCCCC(O)C(=O)[O-].CC(C)CCCCCC(O)C(=O)[O-].[Ti+4]. The zero-order chi connectivity index (χ0) is 41.1. The summed E-state index contributed by atoms with van der Waals surface area (Å²) in [7, 11) is 0. The van der Waals surface area contributed by atoms with Crippen molar-refractivity contribution in [3.05, 3.63) is 0 Å². The molecule has 0 saturated carbocycles. The van der Waals surface area contributed by atoms with Crippen molar-refractivity contribution >= 4 is 23.9 Å². The van der Waals surface area contributed by atoms with Crippen LogP contribution in [0.15, 0.2) is 0 Å². The molecule has 0 aliphatic carbocycles. The van der Waals surface area contributed by atoms with Crippen molar-refractivity contribution in [2.24, 2.45) is 23.7 Å². The van der Waals surface area contributed by atoms with Crippen LogP contribution in [-0.4, -0.2) is 68.7 Å². The summed E-state index contributed by atoms with van der Waals surface area (Å²) in [5.74, 6) is -2.63. The Labute approximate surface area is 336 Å². The summed E-state index contributed by atoms with van der Waals surface area (Å²) in [6.07, 6.45) is 12.3. The second kappa shape index (κ2) is 41.6. The fraction of sp³-hybridized carbons (Fsp3) is 0.900. The zero-order valence-corrected chi connectivity index (χ0v) is 35.9. The van der Waals surface area contributed by atoms with E-state index in [0.29, 0.717) is 49.4 Å². The third-order valence-corrected chi connectivity index (χ3v) is 8.12. The molecule has 12 nitrogen and oxygen atoms in total. The van der Waals surface area contributed by atoms with Gasteiger partial charge in [0.15, 0.2) is 0 Å². The largest absolute Gasteiger partial charge is 4.00 e. The minimum Gasteiger partial charge on any atom is -0.547 e. The molecule has 13 heteroatoms. The molecule has 0 aliphatic rings. The van der Waals surface area contributed by atoms with Crippen molar-refractivity contribution in [1.29, 1.82) is 0 Å². The van der Waals surface area contributed by atoms with Crippen LogP contribution in [0.4, 0.5) is 0 Å². The number of aliphatic hydroxyl groups is 4. The molecule has 0 radical (unpaired) electrons. The van der Waals surface area contributed by atoms with E-state index in [9.17, 15) is 39.6 Å². The summed E-state index contributed by atoms with van der Waals surface area (Å²) in [5.41, 5.74) is 0. The number of rotatable bonds is 28. The molecule has 0 rings (SSSR count). The van der Waals surface area contributed by atoms with Crippen molar-refractivity contribution < 1.29 is 81.7 Å². The number of unbranched alkanes of at least 4 members (excludes halogenated alkanes) is 8. The monoisotopic (exact) mass is 796 g/mol. The summed E-state index contributed by atoms with van der Waals surface area (Å²) in [6.45, 7) is 17.3. The standard InChI is InChI=1S/4C10H20O3.Ti/c4*1-8(2)6-4-3-5-7-9(11)10(12)13;/h4*8-9,11H,3-7H2,1-2H3,(H,12,13);/q;;;;+4/p-4. The van der Waals surface area contributed by atoms with E-state index in [4.69, 9.17) is 20.4 Å². The topological polar surface area (TPSA) is 241 Å². The maximum Gasteiger partial charge on any atom is 4.00 e. The fourth-order valence-corrected chi connectivity index (χ4v) is 4.74. The summed E-state index contributed by atoms with van der Waals surface area (Å²) >= 11 is 0. The molecule has 0 heterocycles. The zero-order valence-electron chi connectivity index (χ0n) is 34.3. The quantitative estimate of drug-likeness (QED) is 0.0660. The van der Waals surface area contributed by atoms with Gasteiger partial charge in [-0.15, -0.1) is 0 Å². The first-order valence-corrected chi connectivity index (χ1v) is 19.7. The molecule has 0 aromatic heterocycles. The molecule has 0 saturated heterocycles. The van der Waals surface area contributed by atoms with Crippen molar-refractivity contribution in [3.8, 4) is 0 Å². The Morgan fingerprint density at radius 2 is 0.453 bits per heavy atom. The van der Waals surface area contributed by atoms with Gasteiger partial charge in [-0.1, -0.05) is 158 Å². The van der Waals surface area contributed by atoms with Gasteiger partial charge in [0, 0.05) is 0 Å². The summed E-state index contributed by atoms with van der Waals surface area (Å²) in [6, 6.07) is 0. The number of carboxylic acids is 4. The number of carbonyl (C=O) groups excluding carboxylic acids is 4. The number of hydrogen-bond acceptors (Lipinski definition) is 12. The fourth-order valence-electron chi connectivity index (χ4n) is 4.74. The minimum atomic E-state index is -1.36. The Hall–Kier alpha value is -1.57. The van der Waals surface area contributed by atoms with Gasteiger partial charge in [-0.3, -0.25) is 0 Å². The Bertz CT molecular complexity index is 716. The van der Waals surface area contributed by atoms with Gasteiger partial charge in [-0.25, -0.2) is 0 Å². The second-order valence-corrected chi connectivity index (χ2v) is 15.5.